The normalized spacial score (nSPS) is 23.8. The third-order valence-electron chi connectivity index (χ3n) is 4.93. The molecule has 0 aliphatic heterocycles. The summed E-state index contributed by atoms with van der Waals surface area (Å²) < 4.78 is 19.2. The summed E-state index contributed by atoms with van der Waals surface area (Å²) in [5.41, 5.74) is 6.96. The van der Waals surface area contributed by atoms with Crippen LogP contribution in [0, 0.1) is 17.7 Å². The Morgan fingerprint density at radius 1 is 1.29 bits per heavy atom. The van der Waals surface area contributed by atoms with E-state index in [0.29, 0.717) is 17.2 Å². The third kappa shape index (κ3) is 4.19. The number of hydrogen-bond donors (Lipinski definition) is 1. The van der Waals surface area contributed by atoms with Crippen LogP contribution in [0.3, 0.4) is 0 Å². The standard InChI is InChI=1S/C18H28FNO/c1-3-4-5-13-6-8-14(9-7-13)18(20)16-11-10-15(21-2)12-17(16)19/h10-14,18H,3-9,20H2,1-2H3. The van der Waals surface area contributed by atoms with Gasteiger partial charge in [0.25, 0.3) is 0 Å². The molecule has 0 amide bonds. The van der Waals surface area contributed by atoms with Crippen molar-refractivity contribution in [1.82, 2.24) is 0 Å². The van der Waals surface area contributed by atoms with Crippen molar-refractivity contribution >= 4 is 0 Å². The summed E-state index contributed by atoms with van der Waals surface area (Å²) >= 11 is 0. The van der Waals surface area contributed by atoms with Gasteiger partial charge in [-0.1, -0.05) is 45.1 Å². The Hall–Kier alpha value is -1.09. The van der Waals surface area contributed by atoms with Gasteiger partial charge in [-0.05, 0) is 30.7 Å². The molecule has 1 saturated carbocycles. The topological polar surface area (TPSA) is 35.2 Å². The predicted octanol–water partition coefficient (Wildman–Crippen LogP) is 4.83. The molecule has 21 heavy (non-hydrogen) atoms. The lowest BCUT2D eigenvalue weighted by molar-refractivity contribution is 0.230. The second kappa shape index (κ2) is 7.79. The fraction of sp³-hybridized carbons (Fsp3) is 0.667. The van der Waals surface area contributed by atoms with Crippen LogP contribution in [-0.4, -0.2) is 7.11 Å². The quantitative estimate of drug-likeness (QED) is 0.815. The van der Waals surface area contributed by atoms with Gasteiger partial charge in [0.05, 0.1) is 7.11 Å². The average Bonchev–Trinajstić information content (AvgIpc) is 2.52. The highest BCUT2D eigenvalue weighted by Crippen LogP contribution is 2.38. The Balaban J connectivity index is 1.94. The number of rotatable bonds is 6. The van der Waals surface area contributed by atoms with Gasteiger partial charge in [0.15, 0.2) is 0 Å². The zero-order chi connectivity index (χ0) is 15.2. The average molecular weight is 293 g/mol. The highest BCUT2D eigenvalue weighted by molar-refractivity contribution is 5.31. The van der Waals surface area contributed by atoms with Gasteiger partial charge in [0.1, 0.15) is 11.6 Å². The summed E-state index contributed by atoms with van der Waals surface area (Å²) in [7, 11) is 1.55. The summed E-state index contributed by atoms with van der Waals surface area (Å²) in [6, 6.07) is 4.82. The zero-order valence-electron chi connectivity index (χ0n) is 13.3. The number of unbranched alkanes of at least 4 members (excludes halogenated alkanes) is 1. The molecule has 0 bridgehead atoms. The van der Waals surface area contributed by atoms with E-state index in [1.165, 1.54) is 38.2 Å². The smallest absolute Gasteiger partial charge is 0.131 e. The molecule has 2 rings (SSSR count). The van der Waals surface area contributed by atoms with E-state index in [0.717, 1.165) is 18.8 Å². The van der Waals surface area contributed by atoms with Crippen LogP contribution in [0.15, 0.2) is 18.2 Å². The van der Waals surface area contributed by atoms with Crippen molar-refractivity contribution in [1.29, 1.82) is 0 Å². The third-order valence-corrected chi connectivity index (χ3v) is 4.93. The molecule has 118 valence electrons. The number of nitrogens with two attached hydrogens (primary N) is 1. The minimum atomic E-state index is -0.241. The van der Waals surface area contributed by atoms with Crippen molar-refractivity contribution in [3.05, 3.63) is 29.6 Å². The van der Waals surface area contributed by atoms with Gasteiger partial charge in [0.2, 0.25) is 0 Å². The summed E-state index contributed by atoms with van der Waals surface area (Å²) in [5.74, 6) is 1.57. The highest BCUT2D eigenvalue weighted by Gasteiger charge is 2.27. The first-order valence-electron chi connectivity index (χ1n) is 8.24. The molecular weight excluding hydrogens is 265 g/mol. The van der Waals surface area contributed by atoms with Gasteiger partial charge in [0, 0.05) is 17.7 Å². The van der Waals surface area contributed by atoms with E-state index in [1.54, 1.807) is 19.2 Å². The van der Waals surface area contributed by atoms with Crippen molar-refractivity contribution in [3.8, 4) is 5.75 Å². The molecule has 3 heteroatoms. The van der Waals surface area contributed by atoms with Gasteiger partial charge < -0.3 is 10.5 Å². The van der Waals surface area contributed by atoms with Crippen LogP contribution < -0.4 is 10.5 Å². The van der Waals surface area contributed by atoms with E-state index in [9.17, 15) is 4.39 Å². The Bertz CT molecular complexity index is 441. The molecular formula is C18H28FNO. The maximum Gasteiger partial charge on any atom is 0.131 e. The maximum absolute atomic E-state index is 14.1. The second-order valence-electron chi connectivity index (χ2n) is 6.34. The van der Waals surface area contributed by atoms with Crippen LogP contribution in [0.2, 0.25) is 0 Å². The molecule has 0 saturated heterocycles. The van der Waals surface area contributed by atoms with Gasteiger partial charge in [-0.15, -0.1) is 0 Å². The molecule has 0 radical (unpaired) electrons. The Morgan fingerprint density at radius 2 is 2.00 bits per heavy atom. The molecule has 2 nitrogen and oxygen atoms in total. The number of ether oxygens (including phenoxy) is 1. The van der Waals surface area contributed by atoms with Crippen molar-refractivity contribution in [2.45, 2.75) is 57.9 Å². The minimum Gasteiger partial charge on any atom is -0.497 e. The fourth-order valence-electron chi connectivity index (χ4n) is 3.49. The van der Waals surface area contributed by atoms with E-state index in [1.807, 2.05) is 0 Å². The molecule has 1 fully saturated rings. The lowest BCUT2D eigenvalue weighted by Gasteiger charge is -2.32. The number of halogens is 1. The van der Waals surface area contributed by atoms with Gasteiger partial charge in [-0.3, -0.25) is 0 Å². The van der Waals surface area contributed by atoms with Crippen LogP contribution >= 0.6 is 0 Å². The lowest BCUT2D eigenvalue weighted by Crippen LogP contribution is -2.26. The Morgan fingerprint density at radius 3 is 2.57 bits per heavy atom. The van der Waals surface area contributed by atoms with Gasteiger partial charge in [-0.2, -0.15) is 0 Å². The van der Waals surface area contributed by atoms with E-state index in [4.69, 9.17) is 10.5 Å². The summed E-state index contributed by atoms with van der Waals surface area (Å²) in [5, 5.41) is 0. The Labute approximate surface area is 127 Å². The molecule has 0 spiro atoms. The van der Waals surface area contributed by atoms with Crippen LogP contribution in [0.5, 0.6) is 5.75 Å². The van der Waals surface area contributed by atoms with Crippen LogP contribution in [-0.2, 0) is 0 Å². The molecule has 1 aromatic carbocycles. The van der Waals surface area contributed by atoms with E-state index in [2.05, 4.69) is 6.92 Å². The fourth-order valence-corrected chi connectivity index (χ4v) is 3.49. The molecule has 0 heterocycles. The first-order chi connectivity index (χ1) is 10.2. The molecule has 2 N–H and O–H groups in total. The van der Waals surface area contributed by atoms with Crippen molar-refractivity contribution in [2.24, 2.45) is 17.6 Å². The van der Waals surface area contributed by atoms with Crippen molar-refractivity contribution < 1.29 is 9.13 Å². The summed E-state index contributed by atoms with van der Waals surface area (Å²) in [4.78, 5) is 0. The lowest BCUT2D eigenvalue weighted by atomic mass is 9.75. The van der Waals surface area contributed by atoms with Crippen LogP contribution in [0.25, 0.3) is 0 Å². The van der Waals surface area contributed by atoms with Gasteiger partial charge >= 0.3 is 0 Å². The van der Waals surface area contributed by atoms with E-state index >= 15 is 0 Å². The highest BCUT2D eigenvalue weighted by atomic mass is 19.1. The van der Waals surface area contributed by atoms with E-state index in [-0.39, 0.29) is 11.9 Å². The molecule has 1 aliphatic carbocycles. The largest absolute Gasteiger partial charge is 0.497 e. The van der Waals surface area contributed by atoms with Crippen LogP contribution in [0.1, 0.15) is 63.5 Å². The van der Waals surface area contributed by atoms with Crippen molar-refractivity contribution in [2.75, 3.05) is 7.11 Å². The molecule has 1 aromatic rings. The maximum atomic E-state index is 14.1. The van der Waals surface area contributed by atoms with Crippen LogP contribution in [0.4, 0.5) is 4.39 Å². The first-order valence-corrected chi connectivity index (χ1v) is 8.24. The number of hydrogen-bond acceptors (Lipinski definition) is 2. The summed E-state index contributed by atoms with van der Waals surface area (Å²) in [6.07, 6.45) is 8.69. The zero-order valence-corrected chi connectivity index (χ0v) is 13.3. The number of methoxy groups -OCH3 is 1. The molecule has 1 unspecified atom stereocenters. The van der Waals surface area contributed by atoms with Crippen molar-refractivity contribution in [3.63, 3.8) is 0 Å². The SMILES string of the molecule is CCCCC1CCC(C(N)c2ccc(OC)cc2F)CC1. The minimum absolute atomic E-state index is 0.192. The molecule has 1 aliphatic rings. The molecule has 1 atom stereocenters. The predicted molar refractivity (Wildman–Crippen MR) is 84.9 cm³/mol. The van der Waals surface area contributed by atoms with Gasteiger partial charge in [-0.25, -0.2) is 4.39 Å². The second-order valence-corrected chi connectivity index (χ2v) is 6.34. The molecule has 0 aromatic heterocycles. The number of benzene rings is 1. The first kappa shape index (κ1) is 16.3. The monoisotopic (exact) mass is 293 g/mol. The Kier molecular flexibility index (Phi) is 6.04. The van der Waals surface area contributed by atoms with E-state index < -0.39 is 0 Å². The summed E-state index contributed by atoms with van der Waals surface area (Å²) in [6.45, 7) is 2.24.